The zero-order chi connectivity index (χ0) is 9.31. The predicted octanol–water partition coefficient (Wildman–Crippen LogP) is 0.744. The van der Waals surface area contributed by atoms with Gasteiger partial charge in [-0.3, -0.25) is 4.90 Å². The zero-order valence-corrected chi connectivity index (χ0v) is 8.58. The van der Waals surface area contributed by atoms with Crippen molar-refractivity contribution in [1.29, 1.82) is 0 Å². The topological polar surface area (TPSA) is 21.7 Å². The van der Waals surface area contributed by atoms with E-state index in [1.54, 1.807) is 0 Å². The molecule has 3 heteroatoms. The Bertz CT molecular complexity index is 180. The van der Waals surface area contributed by atoms with E-state index >= 15 is 0 Å². The summed E-state index contributed by atoms with van der Waals surface area (Å²) in [6.45, 7) is 10.4. The molecule has 2 aliphatic heterocycles. The fraction of sp³-hybridized carbons (Fsp3) is 1.00. The first-order valence-electron chi connectivity index (χ1n) is 5.09. The Labute approximate surface area is 80.0 Å². The summed E-state index contributed by atoms with van der Waals surface area (Å²) in [6.07, 6.45) is 0. The first-order valence-corrected chi connectivity index (χ1v) is 5.09. The number of hydrogen-bond acceptors (Lipinski definition) is 3. The molecule has 0 unspecified atom stereocenters. The summed E-state index contributed by atoms with van der Waals surface area (Å²) in [5, 5.41) is 0. The molecule has 0 saturated carbocycles. The lowest BCUT2D eigenvalue weighted by atomic mass is 9.87. The molecule has 0 radical (unpaired) electrons. The minimum atomic E-state index is 0.408. The number of hydrogen-bond donors (Lipinski definition) is 0. The molecule has 0 amide bonds. The fourth-order valence-corrected chi connectivity index (χ4v) is 2.03. The summed E-state index contributed by atoms with van der Waals surface area (Å²) >= 11 is 0. The quantitative estimate of drug-likeness (QED) is 0.633. The summed E-state index contributed by atoms with van der Waals surface area (Å²) < 4.78 is 10.7. The van der Waals surface area contributed by atoms with E-state index in [9.17, 15) is 0 Å². The molecule has 3 nitrogen and oxygen atoms in total. The van der Waals surface area contributed by atoms with E-state index in [0.717, 1.165) is 39.5 Å². The first-order chi connectivity index (χ1) is 6.20. The maximum atomic E-state index is 5.41. The maximum absolute atomic E-state index is 5.41. The molecule has 13 heavy (non-hydrogen) atoms. The van der Waals surface area contributed by atoms with Gasteiger partial charge in [-0.1, -0.05) is 6.92 Å². The second-order valence-corrected chi connectivity index (χ2v) is 4.70. The van der Waals surface area contributed by atoms with Crippen LogP contribution in [-0.4, -0.2) is 50.5 Å². The third kappa shape index (κ3) is 2.03. The van der Waals surface area contributed by atoms with E-state index in [1.165, 1.54) is 0 Å². The van der Waals surface area contributed by atoms with Crippen molar-refractivity contribution in [2.24, 2.45) is 5.41 Å². The molecular weight excluding hydrogens is 166 g/mol. The van der Waals surface area contributed by atoms with Crippen LogP contribution in [0.5, 0.6) is 0 Å². The van der Waals surface area contributed by atoms with Gasteiger partial charge in [0.05, 0.1) is 26.4 Å². The molecule has 2 fully saturated rings. The van der Waals surface area contributed by atoms with Gasteiger partial charge in [0.1, 0.15) is 0 Å². The molecule has 76 valence electrons. The van der Waals surface area contributed by atoms with E-state index in [0.29, 0.717) is 11.5 Å². The highest BCUT2D eigenvalue weighted by atomic mass is 16.5. The first kappa shape index (κ1) is 9.44. The van der Waals surface area contributed by atoms with Crippen LogP contribution < -0.4 is 0 Å². The van der Waals surface area contributed by atoms with Gasteiger partial charge in [-0.05, 0) is 6.92 Å². The van der Waals surface area contributed by atoms with Crippen molar-refractivity contribution in [3.05, 3.63) is 0 Å². The molecule has 0 aliphatic carbocycles. The highest BCUT2D eigenvalue weighted by molar-refractivity contribution is 4.86. The second kappa shape index (κ2) is 3.56. The molecule has 0 aromatic carbocycles. The SMILES string of the molecule is C[C@@H]1COCCN1CC1(C)COC1. The zero-order valence-electron chi connectivity index (χ0n) is 8.58. The highest BCUT2D eigenvalue weighted by Gasteiger charge is 2.36. The maximum Gasteiger partial charge on any atom is 0.0619 e. The normalized spacial score (nSPS) is 34.2. The molecule has 2 rings (SSSR count). The molecule has 2 heterocycles. The van der Waals surface area contributed by atoms with Crippen molar-refractivity contribution in [2.45, 2.75) is 19.9 Å². The van der Waals surface area contributed by atoms with Crippen LogP contribution in [0, 0.1) is 5.41 Å². The van der Waals surface area contributed by atoms with E-state index in [4.69, 9.17) is 9.47 Å². The summed E-state index contributed by atoms with van der Waals surface area (Å²) in [5.74, 6) is 0. The van der Waals surface area contributed by atoms with Crippen LogP contribution in [0.1, 0.15) is 13.8 Å². The van der Waals surface area contributed by atoms with Crippen LogP contribution in [0.4, 0.5) is 0 Å². The van der Waals surface area contributed by atoms with Crippen LogP contribution >= 0.6 is 0 Å². The molecule has 0 spiro atoms. The van der Waals surface area contributed by atoms with Gasteiger partial charge < -0.3 is 9.47 Å². The van der Waals surface area contributed by atoms with Crippen LogP contribution in [-0.2, 0) is 9.47 Å². The Kier molecular flexibility index (Phi) is 2.58. The monoisotopic (exact) mass is 185 g/mol. The number of nitrogens with zero attached hydrogens (tertiary/aromatic N) is 1. The van der Waals surface area contributed by atoms with Crippen molar-refractivity contribution < 1.29 is 9.47 Å². The van der Waals surface area contributed by atoms with Crippen LogP contribution in [0.3, 0.4) is 0 Å². The Morgan fingerprint density at radius 3 is 2.69 bits per heavy atom. The average molecular weight is 185 g/mol. The van der Waals surface area contributed by atoms with Crippen molar-refractivity contribution in [1.82, 2.24) is 4.90 Å². The van der Waals surface area contributed by atoms with Crippen LogP contribution in [0.25, 0.3) is 0 Å². The summed E-state index contributed by atoms with van der Waals surface area (Å²) in [6, 6.07) is 0.575. The lowest BCUT2D eigenvalue weighted by Crippen LogP contribution is -2.54. The molecule has 0 aromatic heterocycles. The van der Waals surface area contributed by atoms with E-state index < -0.39 is 0 Å². The van der Waals surface area contributed by atoms with E-state index in [-0.39, 0.29) is 0 Å². The van der Waals surface area contributed by atoms with Crippen LogP contribution in [0.2, 0.25) is 0 Å². The Morgan fingerprint density at radius 2 is 2.15 bits per heavy atom. The van der Waals surface area contributed by atoms with Crippen molar-refractivity contribution in [2.75, 3.05) is 39.5 Å². The Hall–Kier alpha value is -0.120. The predicted molar refractivity (Wildman–Crippen MR) is 50.8 cm³/mol. The van der Waals surface area contributed by atoms with Gasteiger partial charge >= 0.3 is 0 Å². The Morgan fingerprint density at radius 1 is 1.38 bits per heavy atom. The number of rotatable bonds is 2. The molecule has 1 atom stereocenters. The summed E-state index contributed by atoms with van der Waals surface area (Å²) in [5.41, 5.74) is 0.408. The molecule has 0 bridgehead atoms. The minimum Gasteiger partial charge on any atom is -0.380 e. The smallest absolute Gasteiger partial charge is 0.0619 e. The van der Waals surface area contributed by atoms with Gasteiger partial charge in [0.15, 0.2) is 0 Å². The summed E-state index contributed by atoms with van der Waals surface area (Å²) in [7, 11) is 0. The van der Waals surface area contributed by atoms with Gasteiger partial charge in [-0.2, -0.15) is 0 Å². The van der Waals surface area contributed by atoms with Crippen LogP contribution in [0.15, 0.2) is 0 Å². The molecule has 0 N–H and O–H groups in total. The van der Waals surface area contributed by atoms with Crippen molar-refractivity contribution in [3.8, 4) is 0 Å². The van der Waals surface area contributed by atoms with Gasteiger partial charge in [-0.25, -0.2) is 0 Å². The average Bonchev–Trinajstić information content (AvgIpc) is 2.06. The van der Waals surface area contributed by atoms with Crippen molar-refractivity contribution >= 4 is 0 Å². The molecule has 2 saturated heterocycles. The number of morpholine rings is 1. The molecule has 0 aromatic rings. The van der Waals surface area contributed by atoms with Gasteiger partial charge in [0, 0.05) is 24.5 Å². The largest absolute Gasteiger partial charge is 0.380 e. The molecule has 2 aliphatic rings. The standard InChI is InChI=1S/C10H19NO2/c1-9-5-12-4-3-11(9)6-10(2)7-13-8-10/h9H,3-8H2,1-2H3/t9-/m1/s1. The Balaban J connectivity index is 1.85. The highest BCUT2D eigenvalue weighted by Crippen LogP contribution is 2.28. The second-order valence-electron chi connectivity index (χ2n) is 4.70. The molecular formula is C10H19NO2. The number of ether oxygens (including phenoxy) is 2. The lowest BCUT2D eigenvalue weighted by Gasteiger charge is -2.44. The van der Waals surface area contributed by atoms with E-state index in [1.807, 2.05) is 0 Å². The third-order valence-corrected chi connectivity index (χ3v) is 2.99. The fourth-order valence-electron chi connectivity index (χ4n) is 2.03. The van der Waals surface area contributed by atoms with Crippen molar-refractivity contribution in [3.63, 3.8) is 0 Å². The summed E-state index contributed by atoms with van der Waals surface area (Å²) in [4.78, 5) is 2.52. The van der Waals surface area contributed by atoms with Gasteiger partial charge in [0.25, 0.3) is 0 Å². The lowest BCUT2D eigenvalue weighted by molar-refractivity contribution is -0.129. The van der Waals surface area contributed by atoms with Gasteiger partial charge in [-0.15, -0.1) is 0 Å². The van der Waals surface area contributed by atoms with E-state index in [2.05, 4.69) is 18.7 Å². The minimum absolute atomic E-state index is 0.408. The third-order valence-electron chi connectivity index (χ3n) is 2.99. The van der Waals surface area contributed by atoms with Gasteiger partial charge in [0.2, 0.25) is 0 Å².